The van der Waals surface area contributed by atoms with Crippen molar-refractivity contribution in [1.82, 2.24) is 4.90 Å². The minimum absolute atomic E-state index is 0.704. The molecule has 2 nitrogen and oxygen atoms in total. The Morgan fingerprint density at radius 2 is 2.05 bits per heavy atom. The van der Waals surface area contributed by atoms with Crippen molar-refractivity contribution in [3.8, 4) is 0 Å². The molecule has 0 saturated heterocycles. The first kappa shape index (κ1) is 14.5. The van der Waals surface area contributed by atoms with E-state index in [0.29, 0.717) is 5.92 Å². The smallest absolute Gasteiger partial charge is 0.00189 e. The standard InChI is InChI=1S/C17H28N2/c1-14(8-10-18)13-19(2)11-9-15-6-7-16-4-3-5-17(16)12-15/h6-7,12,14H,3-5,8-11,13,18H2,1-2H3. The van der Waals surface area contributed by atoms with Crippen molar-refractivity contribution in [1.29, 1.82) is 0 Å². The first-order valence-electron chi connectivity index (χ1n) is 7.68. The third kappa shape index (κ3) is 4.32. The Hall–Kier alpha value is -0.860. The van der Waals surface area contributed by atoms with E-state index in [1.54, 1.807) is 11.1 Å². The van der Waals surface area contributed by atoms with E-state index in [4.69, 9.17) is 5.73 Å². The first-order valence-corrected chi connectivity index (χ1v) is 7.68. The molecule has 0 fully saturated rings. The molecule has 19 heavy (non-hydrogen) atoms. The molecule has 0 radical (unpaired) electrons. The zero-order valence-corrected chi connectivity index (χ0v) is 12.5. The minimum Gasteiger partial charge on any atom is -0.330 e. The second-order valence-electron chi connectivity index (χ2n) is 6.15. The molecule has 2 N–H and O–H groups in total. The lowest BCUT2D eigenvalue weighted by atomic mass is 10.0. The second-order valence-corrected chi connectivity index (χ2v) is 6.15. The molecule has 2 rings (SSSR count). The van der Waals surface area contributed by atoms with Gasteiger partial charge in [-0.15, -0.1) is 0 Å². The molecule has 106 valence electrons. The molecule has 0 amide bonds. The summed E-state index contributed by atoms with van der Waals surface area (Å²) in [5.74, 6) is 0.704. The Balaban J connectivity index is 1.78. The first-order chi connectivity index (χ1) is 9.19. The number of rotatable bonds is 7. The van der Waals surface area contributed by atoms with Gasteiger partial charge in [0.25, 0.3) is 0 Å². The number of aryl methyl sites for hydroxylation is 2. The zero-order valence-electron chi connectivity index (χ0n) is 12.5. The van der Waals surface area contributed by atoms with E-state index in [2.05, 4.69) is 37.1 Å². The van der Waals surface area contributed by atoms with Crippen molar-refractivity contribution in [2.75, 3.05) is 26.7 Å². The van der Waals surface area contributed by atoms with E-state index in [0.717, 1.165) is 26.1 Å². The summed E-state index contributed by atoms with van der Waals surface area (Å²) in [6, 6.07) is 7.09. The molecule has 1 aromatic carbocycles. The number of benzene rings is 1. The molecule has 0 saturated carbocycles. The highest BCUT2D eigenvalue weighted by atomic mass is 15.1. The van der Waals surface area contributed by atoms with Gasteiger partial charge in [0.15, 0.2) is 0 Å². The van der Waals surface area contributed by atoms with Crippen LogP contribution in [0.15, 0.2) is 18.2 Å². The third-order valence-electron chi connectivity index (χ3n) is 4.23. The predicted octanol–water partition coefficient (Wildman–Crippen LogP) is 2.63. The summed E-state index contributed by atoms with van der Waals surface area (Å²) in [5.41, 5.74) is 10.3. The molecule has 1 aromatic rings. The van der Waals surface area contributed by atoms with Gasteiger partial charge in [0.2, 0.25) is 0 Å². The lowest BCUT2D eigenvalue weighted by Gasteiger charge is -2.21. The highest BCUT2D eigenvalue weighted by molar-refractivity contribution is 5.35. The Bertz CT molecular complexity index is 400. The average Bonchev–Trinajstić information content (AvgIpc) is 2.83. The normalized spacial score (nSPS) is 15.8. The van der Waals surface area contributed by atoms with Gasteiger partial charge in [0.1, 0.15) is 0 Å². The van der Waals surface area contributed by atoms with E-state index in [1.807, 2.05) is 0 Å². The monoisotopic (exact) mass is 260 g/mol. The molecule has 0 aromatic heterocycles. The number of hydrogen-bond acceptors (Lipinski definition) is 2. The third-order valence-corrected chi connectivity index (χ3v) is 4.23. The van der Waals surface area contributed by atoms with Crippen LogP contribution in [0.5, 0.6) is 0 Å². The van der Waals surface area contributed by atoms with Crippen LogP contribution in [0.25, 0.3) is 0 Å². The molecule has 0 heterocycles. The molecule has 1 aliphatic carbocycles. The molecule has 2 heteroatoms. The van der Waals surface area contributed by atoms with E-state index < -0.39 is 0 Å². The van der Waals surface area contributed by atoms with Gasteiger partial charge in [0, 0.05) is 13.1 Å². The summed E-state index contributed by atoms with van der Waals surface area (Å²) in [6.45, 7) is 5.40. The largest absolute Gasteiger partial charge is 0.330 e. The van der Waals surface area contributed by atoms with Gasteiger partial charge in [-0.1, -0.05) is 25.1 Å². The fourth-order valence-electron chi connectivity index (χ4n) is 3.10. The molecular weight excluding hydrogens is 232 g/mol. The van der Waals surface area contributed by atoms with E-state index in [9.17, 15) is 0 Å². The summed E-state index contributed by atoms with van der Waals surface area (Å²) in [5, 5.41) is 0. The SMILES string of the molecule is CC(CCN)CN(C)CCc1ccc2c(c1)CCC2. The van der Waals surface area contributed by atoms with Crippen LogP contribution in [0.4, 0.5) is 0 Å². The summed E-state index contributed by atoms with van der Waals surface area (Å²) < 4.78 is 0. The molecule has 1 aliphatic rings. The molecule has 0 aliphatic heterocycles. The van der Waals surface area contributed by atoms with E-state index in [1.165, 1.54) is 31.2 Å². The van der Waals surface area contributed by atoms with Gasteiger partial charge in [-0.05, 0) is 68.3 Å². The maximum atomic E-state index is 5.60. The number of nitrogens with zero attached hydrogens (tertiary/aromatic N) is 1. The summed E-state index contributed by atoms with van der Waals surface area (Å²) >= 11 is 0. The van der Waals surface area contributed by atoms with Crippen LogP contribution in [0.3, 0.4) is 0 Å². The number of fused-ring (bicyclic) bond motifs is 1. The Morgan fingerprint density at radius 3 is 2.84 bits per heavy atom. The van der Waals surface area contributed by atoms with E-state index >= 15 is 0 Å². The van der Waals surface area contributed by atoms with Crippen molar-refractivity contribution in [3.05, 3.63) is 34.9 Å². The molecule has 0 bridgehead atoms. The van der Waals surface area contributed by atoms with Crippen LogP contribution < -0.4 is 5.73 Å². The summed E-state index contributed by atoms with van der Waals surface area (Å²) in [6.07, 6.45) is 6.20. The van der Waals surface area contributed by atoms with Crippen LogP contribution in [-0.4, -0.2) is 31.6 Å². The second kappa shape index (κ2) is 7.06. The van der Waals surface area contributed by atoms with Crippen molar-refractivity contribution in [2.45, 2.75) is 39.0 Å². The number of hydrogen-bond donors (Lipinski definition) is 1. The van der Waals surface area contributed by atoms with Gasteiger partial charge >= 0.3 is 0 Å². The van der Waals surface area contributed by atoms with Gasteiger partial charge in [-0.25, -0.2) is 0 Å². The lowest BCUT2D eigenvalue weighted by Crippen LogP contribution is -2.27. The van der Waals surface area contributed by atoms with E-state index in [-0.39, 0.29) is 0 Å². The molecule has 0 spiro atoms. The quantitative estimate of drug-likeness (QED) is 0.816. The summed E-state index contributed by atoms with van der Waals surface area (Å²) in [7, 11) is 2.22. The Morgan fingerprint density at radius 1 is 1.26 bits per heavy atom. The van der Waals surface area contributed by atoms with Gasteiger partial charge in [0.05, 0.1) is 0 Å². The highest BCUT2D eigenvalue weighted by Crippen LogP contribution is 2.23. The lowest BCUT2D eigenvalue weighted by molar-refractivity contribution is 0.283. The zero-order chi connectivity index (χ0) is 13.7. The Labute approximate surface area is 118 Å². The highest BCUT2D eigenvalue weighted by Gasteiger charge is 2.11. The van der Waals surface area contributed by atoms with Crippen molar-refractivity contribution in [2.24, 2.45) is 11.7 Å². The van der Waals surface area contributed by atoms with Crippen LogP contribution in [0.1, 0.15) is 36.5 Å². The van der Waals surface area contributed by atoms with Crippen LogP contribution >= 0.6 is 0 Å². The van der Waals surface area contributed by atoms with Crippen LogP contribution in [0.2, 0.25) is 0 Å². The van der Waals surface area contributed by atoms with Crippen LogP contribution in [-0.2, 0) is 19.3 Å². The maximum absolute atomic E-state index is 5.60. The molecule has 1 atom stereocenters. The van der Waals surface area contributed by atoms with Crippen molar-refractivity contribution < 1.29 is 0 Å². The number of likely N-dealkylation sites (N-methyl/N-ethyl adjacent to an activating group) is 1. The average molecular weight is 260 g/mol. The minimum atomic E-state index is 0.704. The fraction of sp³-hybridized carbons (Fsp3) is 0.647. The summed E-state index contributed by atoms with van der Waals surface area (Å²) in [4.78, 5) is 2.44. The van der Waals surface area contributed by atoms with Crippen LogP contribution in [0, 0.1) is 5.92 Å². The maximum Gasteiger partial charge on any atom is 0.00189 e. The topological polar surface area (TPSA) is 29.3 Å². The van der Waals surface area contributed by atoms with Gasteiger partial charge in [-0.3, -0.25) is 0 Å². The molecule has 1 unspecified atom stereocenters. The number of nitrogens with two attached hydrogens (primary N) is 1. The molecular formula is C17H28N2. The Kier molecular flexibility index (Phi) is 5.41. The van der Waals surface area contributed by atoms with Gasteiger partial charge < -0.3 is 10.6 Å². The fourth-order valence-corrected chi connectivity index (χ4v) is 3.10. The van der Waals surface area contributed by atoms with Gasteiger partial charge in [-0.2, -0.15) is 0 Å². The van der Waals surface area contributed by atoms with Crippen molar-refractivity contribution >= 4 is 0 Å². The van der Waals surface area contributed by atoms with Crippen molar-refractivity contribution in [3.63, 3.8) is 0 Å². The predicted molar refractivity (Wildman–Crippen MR) is 82.5 cm³/mol.